The van der Waals surface area contributed by atoms with Crippen LogP contribution in [0.15, 0.2) is 24.3 Å². The molecule has 0 aliphatic carbocycles. The molecule has 0 saturated carbocycles. The quantitative estimate of drug-likeness (QED) is 0.454. The van der Waals surface area contributed by atoms with Gasteiger partial charge in [-0.1, -0.05) is 45.8 Å². The molecule has 1 aromatic carbocycles. The van der Waals surface area contributed by atoms with E-state index < -0.39 is 0 Å². The summed E-state index contributed by atoms with van der Waals surface area (Å²) in [4.78, 5) is 0. The van der Waals surface area contributed by atoms with Gasteiger partial charge in [0.25, 0.3) is 0 Å². The normalized spacial score (nSPS) is 12.6. The minimum Gasteiger partial charge on any atom is -0.382 e. The lowest BCUT2D eigenvalue weighted by Gasteiger charge is -2.15. The SMILES string of the molecule is COCCOCCOCCC(CBr)c1ccc(C)cc1. The Hall–Kier alpha value is -0.420. The van der Waals surface area contributed by atoms with Crippen LogP contribution < -0.4 is 0 Å². The predicted molar refractivity (Wildman–Crippen MR) is 85.8 cm³/mol. The average Bonchev–Trinajstić information content (AvgIpc) is 2.47. The fourth-order valence-corrected chi connectivity index (χ4v) is 2.56. The molecule has 0 amide bonds. The number of aryl methyl sites for hydroxylation is 1. The molecule has 0 aromatic heterocycles. The van der Waals surface area contributed by atoms with Gasteiger partial charge in [-0.25, -0.2) is 0 Å². The highest BCUT2D eigenvalue weighted by Gasteiger charge is 2.09. The molecule has 1 atom stereocenters. The first-order valence-electron chi connectivity index (χ1n) is 7.05. The summed E-state index contributed by atoms with van der Waals surface area (Å²) in [5.74, 6) is 0.505. The number of methoxy groups -OCH3 is 1. The molecule has 1 aromatic rings. The molecule has 4 heteroatoms. The molecule has 1 unspecified atom stereocenters. The Morgan fingerprint density at radius 2 is 1.55 bits per heavy atom. The first kappa shape index (κ1) is 17.6. The third kappa shape index (κ3) is 7.39. The largest absolute Gasteiger partial charge is 0.382 e. The Labute approximate surface area is 130 Å². The standard InChI is InChI=1S/C16H25BrO3/c1-14-3-5-15(6-4-14)16(13-17)7-8-19-11-12-20-10-9-18-2/h3-6,16H,7-13H2,1-2H3. The molecule has 3 nitrogen and oxygen atoms in total. The van der Waals surface area contributed by atoms with Crippen LogP contribution >= 0.6 is 15.9 Å². The van der Waals surface area contributed by atoms with Crippen LogP contribution in [-0.4, -0.2) is 45.5 Å². The van der Waals surface area contributed by atoms with Crippen molar-refractivity contribution in [2.24, 2.45) is 0 Å². The van der Waals surface area contributed by atoms with Gasteiger partial charge in [-0.3, -0.25) is 0 Å². The van der Waals surface area contributed by atoms with Crippen LogP contribution in [0.2, 0.25) is 0 Å². The van der Waals surface area contributed by atoms with Gasteiger partial charge >= 0.3 is 0 Å². The molecule has 1 rings (SSSR count). The molecule has 0 bridgehead atoms. The Bertz CT molecular complexity index is 340. The molecule has 20 heavy (non-hydrogen) atoms. The lowest BCUT2D eigenvalue weighted by molar-refractivity contribution is 0.0236. The number of hydrogen-bond acceptors (Lipinski definition) is 3. The molecule has 0 aliphatic heterocycles. The fraction of sp³-hybridized carbons (Fsp3) is 0.625. The first-order valence-corrected chi connectivity index (χ1v) is 8.17. The van der Waals surface area contributed by atoms with Crippen LogP contribution in [0.25, 0.3) is 0 Å². The zero-order valence-corrected chi connectivity index (χ0v) is 14.0. The van der Waals surface area contributed by atoms with E-state index in [0.29, 0.717) is 32.3 Å². The Balaban J connectivity index is 2.14. The molecule has 0 aliphatic rings. The van der Waals surface area contributed by atoms with Crippen molar-refractivity contribution in [1.29, 1.82) is 0 Å². The second kappa shape index (κ2) is 11.3. The second-order valence-corrected chi connectivity index (χ2v) is 5.42. The van der Waals surface area contributed by atoms with Crippen LogP contribution in [0.1, 0.15) is 23.5 Å². The maximum Gasteiger partial charge on any atom is 0.0701 e. The maximum absolute atomic E-state index is 5.60. The lowest BCUT2D eigenvalue weighted by Crippen LogP contribution is -2.11. The van der Waals surface area contributed by atoms with E-state index in [4.69, 9.17) is 14.2 Å². The van der Waals surface area contributed by atoms with Gasteiger partial charge in [0.05, 0.1) is 26.4 Å². The van der Waals surface area contributed by atoms with Crippen molar-refractivity contribution in [2.45, 2.75) is 19.3 Å². The van der Waals surface area contributed by atoms with Crippen molar-refractivity contribution in [3.63, 3.8) is 0 Å². The summed E-state index contributed by atoms with van der Waals surface area (Å²) in [6.07, 6.45) is 1.02. The van der Waals surface area contributed by atoms with Crippen molar-refractivity contribution in [1.82, 2.24) is 0 Å². The molecule has 0 heterocycles. The molecular formula is C16H25BrO3. The minimum absolute atomic E-state index is 0.505. The molecule has 0 N–H and O–H groups in total. The van der Waals surface area contributed by atoms with E-state index in [0.717, 1.165) is 18.4 Å². The van der Waals surface area contributed by atoms with Crippen molar-refractivity contribution in [3.8, 4) is 0 Å². The Morgan fingerprint density at radius 3 is 2.15 bits per heavy atom. The summed E-state index contributed by atoms with van der Waals surface area (Å²) in [6, 6.07) is 8.73. The van der Waals surface area contributed by atoms with Gasteiger partial charge in [0.15, 0.2) is 0 Å². The number of alkyl halides is 1. The van der Waals surface area contributed by atoms with Crippen molar-refractivity contribution < 1.29 is 14.2 Å². The molecule has 0 fully saturated rings. The summed E-state index contributed by atoms with van der Waals surface area (Å²) < 4.78 is 15.9. The number of hydrogen-bond donors (Lipinski definition) is 0. The van der Waals surface area contributed by atoms with Gasteiger partial charge in [0.1, 0.15) is 0 Å². The highest BCUT2D eigenvalue weighted by atomic mass is 79.9. The van der Waals surface area contributed by atoms with Crippen LogP contribution in [-0.2, 0) is 14.2 Å². The van der Waals surface area contributed by atoms with E-state index in [9.17, 15) is 0 Å². The van der Waals surface area contributed by atoms with E-state index >= 15 is 0 Å². The first-order chi connectivity index (χ1) is 9.77. The van der Waals surface area contributed by atoms with Crippen LogP contribution in [0, 0.1) is 6.92 Å². The zero-order chi connectivity index (χ0) is 14.6. The lowest BCUT2D eigenvalue weighted by atomic mass is 9.97. The predicted octanol–water partition coefficient (Wildman–Crippen LogP) is 3.54. The molecular weight excluding hydrogens is 320 g/mol. The molecule has 0 radical (unpaired) electrons. The summed E-state index contributed by atoms with van der Waals surface area (Å²) >= 11 is 3.59. The van der Waals surface area contributed by atoms with E-state index in [1.165, 1.54) is 11.1 Å². The summed E-state index contributed by atoms with van der Waals surface area (Å²) in [7, 11) is 1.67. The van der Waals surface area contributed by atoms with Gasteiger partial charge in [-0.15, -0.1) is 0 Å². The van der Waals surface area contributed by atoms with Gasteiger partial charge in [-0.2, -0.15) is 0 Å². The highest BCUT2D eigenvalue weighted by molar-refractivity contribution is 9.09. The number of halogens is 1. The Morgan fingerprint density at radius 1 is 0.950 bits per heavy atom. The van der Waals surface area contributed by atoms with E-state index in [-0.39, 0.29) is 0 Å². The smallest absolute Gasteiger partial charge is 0.0701 e. The second-order valence-electron chi connectivity index (χ2n) is 4.77. The topological polar surface area (TPSA) is 27.7 Å². The minimum atomic E-state index is 0.505. The van der Waals surface area contributed by atoms with Crippen molar-refractivity contribution in [3.05, 3.63) is 35.4 Å². The monoisotopic (exact) mass is 344 g/mol. The summed E-state index contributed by atoms with van der Waals surface area (Å²) in [6.45, 7) is 5.42. The summed E-state index contributed by atoms with van der Waals surface area (Å²) in [5.41, 5.74) is 2.67. The third-order valence-corrected chi connectivity index (χ3v) is 3.93. The number of benzene rings is 1. The van der Waals surface area contributed by atoms with Crippen molar-refractivity contribution in [2.75, 3.05) is 45.5 Å². The summed E-state index contributed by atoms with van der Waals surface area (Å²) in [5, 5.41) is 0.962. The van der Waals surface area contributed by atoms with E-state index in [1.54, 1.807) is 7.11 Å². The fourth-order valence-electron chi connectivity index (χ4n) is 1.86. The van der Waals surface area contributed by atoms with Gasteiger partial charge in [-0.05, 0) is 24.8 Å². The van der Waals surface area contributed by atoms with E-state index in [1.807, 2.05) is 0 Å². The Kier molecular flexibility index (Phi) is 9.93. The van der Waals surface area contributed by atoms with Crippen LogP contribution in [0.3, 0.4) is 0 Å². The molecule has 114 valence electrons. The van der Waals surface area contributed by atoms with Gasteiger partial charge in [0, 0.05) is 19.0 Å². The third-order valence-electron chi connectivity index (χ3n) is 3.15. The average molecular weight is 345 g/mol. The van der Waals surface area contributed by atoms with Gasteiger partial charge in [0.2, 0.25) is 0 Å². The molecule has 0 spiro atoms. The maximum atomic E-state index is 5.60. The van der Waals surface area contributed by atoms with Gasteiger partial charge < -0.3 is 14.2 Å². The molecule has 0 saturated heterocycles. The number of rotatable bonds is 11. The highest BCUT2D eigenvalue weighted by Crippen LogP contribution is 2.22. The van der Waals surface area contributed by atoms with Crippen LogP contribution in [0.5, 0.6) is 0 Å². The van der Waals surface area contributed by atoms with Crippen molar-refractivity contribution >= 4 is 15.9 Å². The van der Waals surface area contributed by atoms with E-state index in [2.05, 4.69) is 47.1 Å². The number of ether oxygens (including phenoxy) is 3. The van der Waals surface area contributed by atoms with Crippen LogP contribution in [0.4, 0.5) is 0 Å². The zero-order valence-electron chi connectivity index (χ0n) is 12.4.